The van der Waals surface area contributed by atoms with Crippen LogP contribution in [0.2, 0.25) is 0 Å². The highest BCUT2D eigenvalue weighted by atomic mass is 19.4. The summed E-state index contributed by atoms with van der Waals surface area (Å²) >= 11 is 0. The number of anilines is 1. The molecule has 172 valence electrons. The molecular formula is C25H31F3N4. The lowest BCUT2D eigenvalue weighted by molar-refractivity contribution is -0.137. The van der Waals surface area contributed by atoms with Gasteiger partial charge in [-0.3, -0.25) is 0 Å². The van der Waals surface area contributed by atoms with Gasteiger partial charge in [0, 0.05) is 18.3 Å². The van der Waals surface area contributed by atoms with E-state index in [4.69, 9.17) is 0 Å². The van der Waals surface area contributed by atoms with E-state index in [2.05, 4.69) is 27.4 Å². The molecule has 0 aromatic heterocycles. The highest BCUT2D eigenvalue weighted by Crippen LogP contribution is 2.34. The van der Waals surface area contributed by atoms with E-state index in [9.17, 15) is 13.2 Å². The van der Waals surface area contributed by atoms with Gasteiger partial charge in [-0.1, -0.05) is 12.5 Å². The molecule has 0 saturated carbocycles. The lowest BCUT2D eigenvalue weighted by Gasteiger charge is -2.44. The Labute approximate surface area is 187 Å². The molecule has 7 heteroatoms. The standard InChI is InChI=1S/C25H31F3N4/c1-17-18(2)23(31-30-21-9-5-8-20(15-21)25(26,27)28)12-11-22(17)29-16-19-7-6-14-32-13-4-3-10-24(19)32/h5,8-9,11-12,15,19,24,29H,3-4,6-7,10,13-14,16H2,1-2H3/t19-,24-/m1/s1. The molecule has 2 aliphatic heterocycles. The molecular weight excluding hydrogens is 413 g/mol. The number of fused-ring (bicyclic) bond motifs is 1. The molecule has 0 bridgehead atoms. The van der Waals surface area contributed by atoms with E-state index in [-0.39, 0.29) is 5.69 Å². The predicted octanol–water partition coefficient (Wildman–Crippen LogP) is 7.41. The minimum atomic E-state index is -4.39. The van der Waals surface area contributed by atoms with Crippen LogP contribution in [0.5, 0.6) is 0 Å². The van der Waals surface area contributed by atoms with E-state index in [0.29, 0.717) is 17.6 Å². The molecule has 0 spiro atoms. The number of hydrogen-bond acceptors (Lipinski definition) is 4. The summed E-state index contributed by atoms with van der Waals surface area (Å²) in [7, 11) is 0. The Bertz CT molecular complexity index is 968. The monoisotopic (exact) mass is 444 g/mol. The van der Waals surface area contributed by atoms with Crippen LogP contribution in [-0.2, 0) is 6.18 Å². The lowest BCUT2D eigenvalue weighted by atomic mass is 9.83. The number of alkyl halides is 3. The minimum absolute atomic E-state index is 0.188. The number of azo groups is 1. The fraction of sp³-hybridized carbons (Fsp3) is 0.520. The van der Waals surface area contributed by atoms with E-state index in [1.54, 1.807) is 0 Å². The number of rotatable bonds is 5. The van der Waals surface area contributed by atoms with Gasteiger partial charge in [0.2, 0.25) is 0 Å². The van der Waals surface area contributed by atoms with Gasteiger partial charge in [-0.25, -0.2) is 0 Å². The molecule has 0 radical (unpaired) electrons. The molecule has 2 saturated heterocycles. The third-order valence-corrected chi connectivity index (χ3v) is 6.99. The van der Waals surface area contributed by atoms with E-state index in [1.807, 2.05) is 19.1 Å². The summed E-state index contributed by atoms with van der Waals surface area (Å²) in [6.07, 6.45) is 2.12. The molecule has 2 heterocycles. The first-order valence-corrected chi connectivity index (χ1v) is 11.5. The summed E-state index contributed by atoms with van der Waals surface area (Å²) in [6.45, 7) is 7.47. The van der Waals surface area contributed by atoms with Crippen LogP contribution >= 0.6 is 0 Å². The maximum Gasteiger partial charge on any atom is 0.416 e. The first kappa shape index (κ1) is 22.8. The van der Waals surface area contributed by atoms with Crippen molar-refractivity contribution in [3.8, 4) is 0 Å². The zero-order chi connectivity index (χ0) is 22.7. The maximum absolute atomic E-state index is 12.9. The van der Waals surface area contributed by atoms with Crippen LogP contribution in [0, 0.1) is 19.8 Å². The third kappa shape index (κ3) is 5.14. The molecule has 2 fully saturated rings. The number of nitrogens with zero attached hydrogens (tertiary/aromatic N) is 3. The molecule has 0 unspecified atom stereocenters. The zero-order valence-corrected chi connectivity index (χ0v) is 18.8. The average molecular weight is 445 g/mol. The molecule has 1 N–H and O–H groups in total. The Kier molecular flexibility index (Phi) is 6.84. The molecule has 4 rings (SSSR count). The van der Waals surface area contributed by atoms with E-state index in [0.717, 1.165) is 35.5 Å². The summed E-state index contributed by atoms with van der Waals surface area (Å²) in [5.41, 5.74) is 3.31. The Balaban J connectivity index is 1.44. The van der Waals surface area contributed by atoms with Gasteiger partial charge >= 0.3 is 6.18 Å². The van der Waals surface area contributed by atoms with Crippen molar-refractivity contribution < 1.29 is 13.2 Å². The summed E-state index contributed by atoms with van der Waals surface area (Å²) in [4.78, 5) is 2.68. The summed E-state index contributed by atoms with van der Waals surface area (Å²) in [5.74, 6) is 0.670. The van der Waals surface area contributed by atoms with Crippen molar-refractivity contribution in [1.29, 1.82) is 0 Å². The van der Waals surface area contributed by atoms with Crippen molar-refractivity contribution in [2.24, 2.45) is 16.1 Å². The van der Waals surface area contributed by atoms with Gasteiger partial charge in [-0.2, -0.15) is 23.4 Å². The number of halogens is 3. The van der Waals surface area contributed by atoms with Gasteiger partial charge < -0.3 is 10.2 Å². The quantitative estimate of drug-likeness (QED) is 0.488. The maximum atomic E-state index is 12.9. The predicted molar refractivity (Wildman–Crippen MR) is 122 cm³/mol. The largest absolute Gasteiger partial charge is 0.416 e. The first-order valence-electron chi connectivity index (χ1n) is 11.5. The van der Waals surface area contributed by atoms with Crippen LogP contribution in [0.4, 0.5) is 30.2 Å². The molecule has 0 aliphatic carbocycles. The summed E-state index contributed by atoms with van der Waals surface area (Å²) < 4.78 is 38.7. The van der Waals surface area contributed by atoms with E-state index < -0.39 is 11.7 Å². The van der Waals surface area contributed by atoms with Crippen LogP contribution in [0.15, 0.2) is 46.6 Å². The van der Waals surface area contributed by atoms with E-state index >= 15 is 0 Å². The Hall–Kier alpha value is -2.41. The second-order valence-electron chi connectivity index (χ2n) is 9.01. The third-order valence-electron chi connectivity index (χ3n) is 6.99. The van der Waals surface area contributed by atoms with Crippen molar-refractivity contribution in [2.75, 3.05) is 25.0 Å². The molecule has 2 aromatic carbocycles. The van der Waals surface area contributed by atoms with Crippen LogP contribution in [0.25, 0.3) is 0 Å². The zero-order valence-electron chi connectivity index (χ0n) is 18.8. The van der Waals surface area contributed by atoms with Crippen LogP contribution in [-0.4, -0.2) is 30.6 Å². The van der Waals surface area contributed by atoms with Gasteiger partial charge in [0.15, 0.2) is 0 Å². The normalized spacial score (nSPS) is 22.2. The van der Waals surface area contributed by atoms with Crippen LogP contribution < -0.4 is 5.32 Å². The highest BCUT2D eigenvalue weighted by Gasteiger charge is 2.33. The average Bonchev–Trinajstić information content (AvgIpc) is 2.79. The number of hydrogen-bond donors (Lipinski definition) is 1. The molecule has 4 nitrogen and oxygen atoms in total. The lowest BCUT2D eigenvalue weighted by Crippen LogP contribution is -2.49. The Morgan fingerprint density at radius 2 is 1.78 bits per heavy atom. The van der Waals surface area contributed by atoms with Crippen molar-refractivity contribution in [1.82, 2.24) is 4.90 Å². The summed E-state index contributed by atoms with van der Waals surface area (Å²) in [5, 5.41) is 11.9. The smallest absolute Gasteiger partial charge is 0.384 e. The fourth-order valence-electron chi connectivity index (χ4n) is 5.02. The summed E-state index contributed by atoms with van der Waals surface area (Å²) in [6, 6.07) is 9.51. The number of piperidine rings is 2. The van der Waals surface area contributed by atoms with Gasteiger partial charge in [-0.15, -0.1) is 0 Å². The second-order valence-corrected chi connectivity index (χ2v) is 9.01. The van der Waals surface area contributed by atoms with Gasteiger partial charge in [0.05, 0.1) is 16.9 Å². The van der Waals surface area contributed by atoms with Gasteiger partial charge in [0.25, 0.3) is 0 Å². The number of nitrogens with one attached hydrogen (secondary N) is 1. The minimum Gasteiger partial charge on any atom is -0.384 e. The molecule has 32 heavy (non-hydrogen) atoms. The molecule has 2 aromatic rings. The van der Waals surface area contributed by atoms with Crippen molar-refractivity contribution in [2.45, 2.75) is 58.2 Å². The molecule has 2 aliphatic rings. The highest BCUT2D eigenvalue weighted by molar-refractivity contribution is 5.62. The number of benzene rings is 2. The van der Waals surface area contributed by atoms with Gasteiger partial charge in [-0.05, 0) is 100.0 Å². The van der Waals surface area contributed by atoms with Crippen molar-refractivity contribution >= 4 is 17.1 Å². The first-order chi connectivity index (χ1) is 15.3. The second kappa shape index (κ2) is 9.61. The van der Waals surface area contributed by atoms with Crippen LogP contribution in [0.1, 0.15) is 48.8 Å². The Morgan fingerprint density at radius 3 is 2.59 bits per heavy atom. The topological polar surface area (TPSA) is 40.0 Å². The molecule has 2 atom stereocenters. The van der Waals surface area contributed by atoms with Crippen molar-refractivity contribution in [3.05, 3.63) is 53.1 Å². The van der Waals surface area contributed by atoms with Gasteiger partial charge in [0.1, 0.15) is 0 Å². The van der Waals surface area contributed by atoms with Crippen molar-refractivity contribution in [3.63, 3.8) is 0 Å². The van der Waals surface area contributed by atoms with Crippen LogP contribution in [0.3, 0.4) is 0 Å². The molecule has 0 amide bonds. The fourth-order valence-corrected chi connectivity index (χ4v) is 5.02. The SMILES string of the molecule is Cc1c(N=Nc2cccc(C(F)(F)F)c2)ccc(NC[C@H]2CCCN3CCCC[C@H]23)c1C. The van der Waals surface area contributed by atoms with E-state index in [1.165, 1.54) is 57.3 Å². The Morgan fingerprint density at radius 1 is 0.969 bits per heavy atom.